The molecular formula is C22H27N3O2S. The van der Waals surface area contributed by atoms with Crippen LogP contribution in [-0.4, -0.2) is 54.2 Å². The van der Waals surface area contributed by atoms with E-state index in [4.69, 9.17) is 4.74 Å². The number of hydrogen-bond acceptors (Lipinski definition) is 5. The van der Waals surface area contributed by atoms with E-state index >= 15 is 0 Å². The molecule has 2 aromatic rings. The molecule has 2 saturated heterocycles. The molecule has 0 aliphatic carbocycles. The fourth-order valence-electron chi connectivity index (χ4n) is 3.88. The number of carbonyl (C=O) groups is 1. The molecule has 148 valence electrons. The second-order valence-electron chi connectivity index (χ2n) is 7.43. The summed E-state index contributed by atoms with van der Waals surface area (Å²) in [5.41, 5.74) is 1.89. The Morgan fingerprint density at radius 1 is 1.11 bits per heavy atom. The van der Waals surface area contributed by atoms with Crippen molar-refractivity contribution in [3.8, 4) is 0 Å². The quantitative estimate of drug-likeness (QED) is 0.758. The van der Waals surface area contributed by atoms with Crippen LogP contribution in [0.25, 0.3) is 0 Å². The van der Waals surface area contributed by atoms with Crippen molar-refractivity contribution in [3.63, 3.8) is 0 Å². The molecule has 1 amide bonds. The van der Waals surface area contributed by atoms with Crippen LogP contribution in [0.1, 0.15) is 35.2 Å². The fourth-order valence-corrected chi connectivity index (χ4v) is 4.70. The molecule has 4 rings (SSSR count). The fraction of sp³-hybridized carbons (Fsp3) is 0.455. The number of piperidine rings is 1. The lowest BCUT2D eigenvalue weighted by Crippen LogP contribution is -2.52. The Kier molecular flexibility index (Phi) is 6.62. The number of benzene rings is 1. The summed E-state index contributed by atoms with van der Waals surface area (Å²) in [5.74, 6) is 0.827. The molecule has 5 nitrogen and oxygen atoms in total. The first-order valence-electron chi connectivity index (χ1n) is 10.0. The molecule has 0 bridgehead atoms. The van der Waals surface area contributed by atoms with Gasteiger partial charge in [0, 0.05) is 17.5 Å². The summed E-state index contributed by atoms with van der Waals surface area (Å²) in [6.45, 7) is 3.55. The molecule has 2 fully saturated rings. The highest BCUT2D eigenvalue weighted by Crippen LogP contribution is 2.21. The minimum absolute atomic E-state index is 0.0126. The summed E-state index contributed by atoms with van der Waals surface area (Å²) in [6, 6.07) is 14.2. The van der Waals surface area contributed by atoms with E-state index in [0.29, 0.717) is 24.8 Å². The van der Waals surface area contributed by atoms with E-state index in [1.165, 1.54) is 24.8 Å². The van der Waals surface area contributed by atoms with Crippen molar-refractivity contribution >= 4 is 17.7 Å². The predicted molar refractivity (Wildman–Crippen MR) is 112 cm³/mol. The van der Waals surface area contributed by atoms with Gasteiger partial charge in [-0.05, 0) is 55.8 Å². The van der Waals surface area contributed by atoms with Gasteiger partial charge >= 0.3 is 0 Å². The Labute approximate surface area is 170 Å². The second-order valence-corrected chi connectivity index (χ2v) is 8.43. The Balaban J connectivity index is 1.31. The summed E-state index contributed by atoms with van der Waals surface area (Å²) in [6.07, 6.45) is 5.61. The van der Waals surface area contributed by atoms with Crippen LogP contribution >= 0.6 is 11.8 Å². The summed E-state index contributed by atoms with van der Waals surface area (Å²) in [5, 5.41) is 4.21. The zero-order chi connectivity index (χ0) is 19.2. The summed E-state index contributed by atoms with van der Waals surface area (Å²) >= 11 is 1.70. The molecular weight excluding hydrogens is 370 g/mol. The Hall–Kier alpha value is -1.89. The average molecular weight is 398 g/mol. The highest BCUT2D eigenvalue weighted by Gasteiger charge is 2.34. The van der Waals surface area contributed by atoms with E-state index in [2.05, 4.69) is 15.2 Å². The van der Waals surface area contributed by atoms with Gasteiger partial charge in [0.25, 0.3) is 5.91 Å². The molecule has 6 heteroatoms. The second kappa shape index (κ2) is 9.54. The third kappa shape index (κ3) is 4.93. The number of rotatable bonds is 6. The van der Waals surface area contributed by atoms with Crippen molar-refractivity contribution in [2.75, 3.05) is 26.3 Å². The molecule has 1 aromatic carbocycles. The zero-order valence-electron chi connectivity index (χ0n) is 16.0. The molecule has 0 unspecified atom stereocenters. The van der Waals surface area contributed by atoms with Crippen molar-refractivity contribution in [1.82, 2.24) is 15.2 Å². The summed E-state index contributed by atoms with van der Waals surface area (Å²) in [7, 11) is 0. The molecule has 0 spiro atoms. The maximum atomic E-state index is 12.7. The minimum atomic E-state index is -0.0126. The van der Waals surface area contributed by atoms with E-state index < -0.39 is 0 Å². The lowest BCUT2D eigenvalue weighted by Gasteiger charge is -2.34. The van der Waals surface area contributed by atoms with Gasteiger partial charge in [-0.15, -0.1) is 11.8 Å². The van der Waals surface area contributed by atoms with Crippen LogP contribution in [0, 0.1) is 0 Å². The molecule has 0 saturated carbocycles. The maximum Gasteiger partial charge on any atom is 0.251 e. The first-order chi connectivity index (χ1) is 13.8. The number of pyridine rings is 1. The van der Waals surface area contributed by atoms with Gasteiger partial charge < -0.3 is 10.1 Å². The lowest BCUT2D eigenvalue weighted by molar-refractivity contribution is 0.0900. The molecule has 2 atom stereocenters. The Morgan fingerprint density at radius 3 is 2.68 bits per heavy atom. The average Bonchev–Trinajstić information content (AvgIpc) is 3.22. The normalized spacial score (nSPS) is 22.9. The van der Waals surface area contributed by atoms with Crippen LogP contribution in [0.15, 0.2) is 53.7 Å². The molecule has 3 heterocycles. The zero-order valence-corrected chi connectivity index (χ0v) is 16.9. The number of hydrogen-bond donors (Lipinski definition) is 1. The van der Waals surface area contributed by atoms with E-state index in [0.717, 1.165) is 23.9 Å². The number of thioether (sulfide) groups is 1. The van der Waals surface area contributed by atoms with Gasteiger partial charge in [-0.2, -0.15) is 0 Å². The van der Waals surface area contributed by atoms with Gasteiger partial charge in [-0.1, -0.05) is 24.6 Å². The van der Waals surface area contributed by atoms with Crippen LogP contribution < -0.4 is 5.32 Å². The van der Waals surface area contributed by atoms with Crippen LogP contribution in [0.4, 0.5) is 0 Å². The lowest BCUT2D eigenvalue weighted by atomic mass is 10.0. The SMILES string of the molecule is O=C(N[C@H]1COC[C@@H]1N1CCCCC1)c1ccc(CSc2ccccn2)cc1. The summed E-state index contributed by atoms with van der Waals surface area (Å²) in [4.78, 5) is 19.5. The van der Waals surface area contributed by atoms with Gasteiger partial charge in [-0.3, -0.25) is 9.69 Å². The van der Waals surface area contributed by atoms with Gasteiger partial charge in [0.05, 0.1) is 30.3 Å². The summed E-state index contributed by atoms with van der Waals surface area (Å²) < 4.78 is 5.69. The smallest absolute Gasteiger partial charge is 0.251 e. The standard InChI is InChI=1S/C22H27N3O2S/c26-22(24-19-14-27-15-20(19)25-12-4-1-5-13-25)18-9-7-17(8-10-18)16-28-21-6-2-3-11-23-21/h2-3,6-11,19-20H,1,4-5,12-16H2,(H,24,26)/t19-,20-/m0/s1. The monoisotopic (exact) mass is 397 g/mol. The van der Waals surface area contributed by atoms with Gasteiger partial charge in [-0.25, -0.2) is 4.98 Å². The van der Waals surface area contributed by atoms with Crippen molar-refractivity contribution in [1.29, 1.82) is 0 Å². The number of aromatic nitrogens is 1. The van der Waals surface area contributed by atoms with Crippen LogP contribution in [0.3, 0.4) is 0 Å². The van der Waals surface area contributed by atoms with E-state index in [9.17, 15) is 4.79 Å². The van der Waals surface area contributed by atoms with Crippen LogP contribution in [0.5, 0.6) is 0 Å². The maximum absolute atomic E-state index is 12.7. The topological polar surface area (TPSA) is 54.5 Å². The number of carbonyl (C=O) groups excluding carboxylic acids is 1. The molecule has 0 radical (unpaired) electrons. The first kappa shape index (κ1) is 19.4. The minimum Gasteiger partial charge on any atom is -0.378 e. The van der Waals surface area contributed by atoms with Crippen LogP contribution in [-0.2, 0) is 10.5 Å². The van der Waals surface area contributed by atoms with Gasteiger partial charge in [0.15, 0.2) is 0 Å². The van der Waals surface area contributed by atoms with Crippen molar-refractivity contribution < 1.29 is 9.53 Å². The van der Waals surface area contributed by atoms with E-state index in [1.807, 2.05) is 42.5 Å². The highest BCUT2D eigenvalue weighted by atomic mass is 32.2. The number of amides is 1. The molecule has 28 heavy (non-hydrogen) atoms. The van der Waals surface area contributed by atoms with Crippen molar-refractivity contribution in [2.24, 2.45) is 0 Å². The highest BCUT2D eigenvalue weighted by molar-refractivity contribution is 7.98. The molecule has 1 aromatic heterocycles. The van der Waals surface area contributed by atoms with E-state index in [-0.39, 0.29) is 11.9 Å². The predicted octanol–water partition coefficient (Wildman–Crippen LogP) is 3.36. The van der Waals surface area contributed by atoms with E-state index in [1.54, 1.807) is 18.0 Å². The van der Waals surface area contributed by atoms with Crippen molar-refractivity contribution in [2.45, 2.75) is 42.1 Å². The van der Waals surface area contributed by atoms with Gasteiger partial charge in [0.1, 0.15) is 0 Å². The Bertz CT molecular complexity index is 763. The van der Waals surface area contributed by atoms with Gasteiger partial charge in [0.2, 0.25) is 0 Å². The molecule has 2 aliphatic rings. The Morgan fingerprint density at radius 2 is 1.93 bits per heavy atom. The van der Waals surface area contributed by atoms with Crippen LogP contribution in [0.2, 0.25) is 0 Å². The molecule has 2 aliphatic heterocycles. The third-order valence-electron chi connectivity index (χ3n) is 5.47. The third-order valence-corrected chi connectivity index (χ3v) is 6.48. The number of ether oxygens (including phenoxy) is 1. The van der Waals surface area contributed by atoms with Crippen molar-refractivity contribution in [3.05, 3.63) is 59.8 Å². The number of nitrogens with zero attached hydrogens (tertiary/aromatic N) is 2. The number of nitrogens with one attached hydrogen (secondary N) is 1. The molecule has 1 N–H and O–H groups in total. The first-order valence-corrected chi connectivity index (χ1v) is 11.0. The number of likely N-dealkylation sites (tertiary alicyclic amines) is 1. The largest absolute Gasteiger partial charge is 0.378 e.